The lowest BCUT2D eigenvalue weighted by atomic mass is 10.1. The van der Waals surface area contributed by atoms with Crippen LogP contribution in [0.25, 0.3) is 0 Å². The van der Waals surface area contributed by atoms with Crippen molar-refractivity contribution in [1.82, 2.24) is 4.31 Å². The molecule has 1 fully saturated rings. The molecule has 0 saturated heterocycles. The van der Waals surface area contributed by atoms with Gasteiger partial charge in [0.1, 0.15) is 0 Å². The first-order valence-electron chi connectivity index (χ1n) is 8.27. The zero-order valence-electron chi connectivity index (χ0n) is 15.3. The van der Waals surface area contributed by atoms with Gasteiger partial charge in [-0.3, -0.25) is 4.79 Å². The fourth-order valence-electron chi connectivity index (χ4n) is 2.56. The van der Waals surface area contributed by atoms with Crippen LogP contribution in [-0.4, -0.2) is 59.2 Å². The third kappa shape index (κ3) is 5.69. The molecule has 0 bridgehead atoms. The number of nitrogens with one attached hydrogen (secondary N) is 1. The number of nitrogens with zero attached hydrogens (tertiary/aromatic N) is 2. The van der Waals surface area contributed by atoms with E-state index in [9.17, 15) is 13.2 Å². The van der Waals surface area contributed by atoms with E-state index >= 15 is 0 Å². The van der Waals surface area contributed by atoms with Crippen LogP contribution in [0, 0.1) is 5.92 Å². The predicted octanol–water partition coefficient (Wildman–Crippen LogP) is 1.51. The normalized spacial score (nSPS) is 14.6. The number of hydrogen-bond acceptors (Lipinski definition) is 5. The molecule has 0 heterocycles. The Morgan fingerprint density at radius 2 is 2.00 bits per heavy atom. The molecule has 2 rings (SSSR count). The first-order chi connectivity index (χ1) is 11.7. The monoisotopic (exact) mass is 369 g/mol. The van der Waals surface area contributed by atoms with Crippen LogP contribution < -0.4 is 10.2 Å². The van der Waals surface area contributed by atoms with Crippen LogP contribution in [0.2, 0.25) is 0 Å². The molecule has 1 saturated carbocycles. The van der Waals surface area contributed by atoms with Crippen LogP contribution in [-0.2, 0) is 26.1 Å². The smallest absolute Gasteiger partial charge is 0.227 e. The number of anilines is 2. The van der Waals surface area contributed by atoms with E-state index in [-0.39, 0.29) is 24.9 Å². The van der Waals surface area contributed by atoms with Crippen LogP contribution in [0.3, 0.4) is 0 Å². The average Bonchev–Trinajstić information content (AvgIpc) is 3.35. The summed E-state index contributed by atoms with van der Waals surface area (Å²) in [6, 6.07) is 5.59. The van der Waals surface area contributed by atoms with Gasteiger partial charge in [-0.05, 0) is 36.6 Å². The quantitative estimate of drug-likeness (QED) is 0.714. The third-order valence-electron chi connectivity index (χ3n) is 4.14. The molecule has 0 radical (unpaired) electrons. The highest BCUT2D eigenvalue weighted by molar-refractivity contribution is 7.88. The summed E-state index contributed by atoms with van der Waals surface area (Å²) in [6.45, 7) is 0.826. The van der Waals surface area contributed by atoms with Gasteiger partial charge in [0.2, 0.25) is 15.9 Å². The molecule has 8 heteroatoms. The van der Waals surface area contributed by atoms with Crippen LogP contribution in [0.1, 0.15) is 18.4 Å². The van der Waals surface area contributed by atoms with Gasteiger partial charge in [-0.25, -0.2) is 8.42 Å². The zero-order valence-corrected chi connectivity index (χ0v) is 16.1. The lowest BCUT2D eigenvalue weighted by Gasteiger charge is -2.24. The second kappa shape index (κ2) is 8.16. The molecule has 1 aromatic rings. The van der Waals surface area contributed by atoms with Crippen molar-refractivity contribution < 1.29 is 17.9 Å². The molecule has 0 spiro atoms. The summed E-state index contributed by atoms with van der Waals surface area (Å²) in [7, 11) is 1.98. The number of carbonyl (C=O) groups is 1. The molecule has 1 aliphatic rings. The first-order valence-corrected chi connectivity index (χ1v) is 10.1. The topological polar surface area (TPSA) is 79.0 Å². The van der Waals surface area contributed by atoms with Gasteiger partial charge in [-0.2, -0.15) is 4.31 Å². The zero-order chi connectivity index (χ0) is 18.6. The fraction of sp³-hybridized carbons (Fsp3) is 0.588. The number of benzene rings is 1. The highest BCUT2D eigenvalue weighted by atomic mass is 32.2. The van der Waals surface area contributed by atoms with Crippen molar-refractivity contribution in [3.8, 4) is 0 Å². The van der Waals surface area contributed by atoms with E-state index in [1.165, 1.54) is 10.6 Å². The van der Waals surface area contributed by atoms with Crippen molar-refractivity contribution >= 4 is 27.3 Å². The van der Waals surface area contributed by atoms with E-state index in [0.717, 1.165) is 24.1 Å². The summed E-state index contributed by atoms with van der Waals surface area (Å²) in [5.74, 6) is 0.147. The second-order valence-electron chi connectivity index (χ2n) is 6.59. The molecule has 25 heavy (non-hydrogen) atoms. The van der Waals surface area contributed by atoms with E-state index in [1.54, 1.807) is 7.11 Å². The maximum Gasteiger partial charge on any atom is 0.227 e. The van der Waals surface area contributed by atoms with E-state index in [0.29, 0.717) is 12.3 Å². The molecular formula is C17H27N3O4S. The van der Waals surface area contributed by atoms with E-state index in [4.69, 9.17) is 4.74 Å². The van der Waals surface area contributed by atoms with Gasteiger partial charge in [0.25, 0.3) is 0 Å². The van der Waals surface area contributed by atoms with Crippen molar-refractivity contribution in [3.63, 3.8) is 0 Å². The largest absolute Gasteiger partial charge is 0.383 e. The van der Waals surface area contributed by atoms with Gasteiger partial charge >= 0.3 is 0 Å². The molecule has 1 N–H and O–H groups in total. The first kappa shape index (κ1) is 19.7. The Kier molecular flexibility index (Phi) is 6.42. The standard InChI is InChI=1S/C17H27N3O4S/c1-19(2)16-8-7-15(18-17(21)13-5-6-13)11-14(16)12-20(9-10-24-3)25(4,22)23/h7-8,11,13H,5-6,9-10,12H2,1-4H3,(H,18,21). The number of ether oxygens (including phenoxy) is 1. The molecule has 7 nitrogen and oxygen atoms in total. The minimum Gasteiger partial charge on any atom is -0.383 e. The van der Waals surface area contributed by atoms with Crippen LogP contribution in [0.15, 0.2) is 18.2 Å². The lowest BCUT2D eigenvalue weighted by Crippen LogP contribution is -2.33. The van der Waals surface area contributed by atoms with Gasteiger partial charge in [-0.15, -0.1) is 0 Å². The number of methoxy groups -OCH3 is 1. The number of amides is 1. The third-order valence-corrected chi connectivity index (χ3v) is 5.39. The molecule has 0 unspecified atom stereocenters. The van der Waals surface area contributed by atoms with Gasteiger partial charge in [0.05, 0.1) is 12.9 Å². The maximum absolute atomic E-state index is 12.1. The van der Waals surface area contributed by atoms with Crippen molar-refractivity contribution in [3.05, 3.63) is 23.8 Å². The van der Waals surface area contributed by atoms with E-state index in [2.05, 4.69) is 5.32 Å². The second-order valence-corrected chi connectivity index (χ2v) is 8.57. The number of carbonyl (C=O) groups excluding carboxylic acids is 1. The van der Waals surface area contributed by atoms with Crippen LogP contribution in [0.5, 0.6) is 0 Å². The number of sulfonamides is 1. The highest BCUT2D eigenvalue weighted by Gasteiger charge is 2.29. The molecule has 1 amide bonds. The molecule has 1 aromatic carbocycles. The summed E-state index contributed by atoms with van der Waals surface area (Å²) in [5, 5.41) is 2.92. The van der Waals surface area contributed by atoms with Gasteiger partial charge in [-0.1, -0.05) is 0 Å². The molecule has 0 atom stereocenters. The minimum absolute atomic E-state index is 0.0305. The van der Waals surface area contributed by atoms with Crippen molar-refractivity contribution in [2.75, 3.05) is 50.8 Å². The summed E-state index contributed by atoms with van der Waals surface area (Å²) in [4.78, 5) is 13.9. The summed E-state index contributed by atoms with van der Waals surface area (Å²) in [6.07, 6.45) is 3.07. The van der Waals surface area contributed by atoms with Gasteiger partial charge < -0.3 is 15.0 Å². The summed E-state index contributed by atoms with van der Waals surface area (Å²) >= 11 is 0. The Morgan fingerprint density at radius 1 is 1.32 bits per heavy atom. The molecular weight excluding hydrogens is 342 g/mol. The Hall–Kier alpha value is -1.64. The molecule has 0 aliphatic heterocycles. The average molecular weight is 369 g/mol. The predicted molar refractivity (Wildman–Crippen MR) is 99.3 cm³/mol. The summed E-state index contributed by atoms with van der Waals surface area (Å²) < 4.78 is 30.5. The Balaban J connectivity index is 2.26. The van der Waals surface area contributed by atoms with Crippen molar-refractivity contribution in [2.24, 2.45) is 5.92 Å². The van der Waals surface area contributed by atoms with E-state index < -0.39 is 10.0 Å². The number of rotatable bonds is 9. The lowest BCUT2D eigenvalue weighted by molar-refractivity contribution is -0.117. The SMILES string of the molecule is COCCN(Cc1cc(NC(=O)C2CC2)ccc1N(C)C)S(C)(=O)=O. The van der Waals surface area contributed by atoms with Crippen LogP contribution >= 0.6 is 0 Å². The number of hydrogen-bond donors (Lipinski definition) is 1. The Labute approximate surface area is 150 Å². The summed E-state index contributed by atoms with van der Waals surface area (Å²) in [5.41, 5.74) is 2.44. The maximum atomic E-state index is 12.1. The van der Waals surface area contributed by atoms with E-state index in [1.807, 2.05) is 37.2 Å². The minimum atomic E-state index is -3.37. The Morgan fingerprint density at radius 3 is 2.52 bits per heavy atom. The fourth-order valence-corrected chi connectivity index (χ4v) is 3.34. The van der Waals surface area contributed by atoms with Crippen molar-refractivity contribution in [2.45, 2.75) is 19.4 Å². The Bertz CT molecular complexity index is 715. The van der Waals surface area contributed by atoms with Crippen molar-refractivity contribution in [1.29, 1.82) is 0 Å². The highest BCUT2D eigenvalue weighted by Crippen LogP contribution is 2.31. The van der Waals surface area contributed by atoms with Gasteiger partial charge in [0.15, 0.2) is 0 Å². The molecule has 1 aliphatic carbocycles. The van der Waals surface area contributed by atoms with Crippen LogP contribution in [0.4, 0.5) is 11.4 Å². The molecule has 140 valence electrons. The van der Waals surface area contributed by atoms with Gasteiger partial charge in [0, 0.05) is 51.6 Å². The molecule has 0 aromatic heterocycles.